The standard InChI is InChI=1S/C5H8F2O2/c6-2-1-4(7)3-5(8)9/h4H,1-3H2,(H,8,9). The quantitative estimate of drug-likeness (QED) is 0.632. The number of alkyl halides is 2. The van der Waals surface area contributed by atoms with Gasteiger partial charge in [-0.05, 0) is 0 Å². The highest BCUT2D eigenvalue weighted by molar-refractivity contribution is 5.67. The second-order valence-corrected chi connectivity index (χ2v) is 1.67. The second kappa shape index (κ2) is 4.23. The van der Waals surface area contributed by atoms with E-state index >= 15 is 0 Å². The van der Waals surface area contributed by atoms with Gasteiger partial charge in [0.2, 0.25) is 0 Å². The van der Waals surface area contributed by atoms with Crippen molar-refractivity contribution in [3.05, 3.63) is 0 Å². The second-order valence-electron chi connectivity index (χ2n) is 1.67. The molecule has 0 aromatic carbocycles. The minimum absolute atomic E-state index is 0.313. The van der Waals surface area contributed by atoms with Crippen molar-refractivity contribution >= 4 is 5.97 Å². The zero-order valence-electron chi connectivity index (χ0n) is 4.81. The van der Waals surface area contributed by atoms with Crippen LogP contribution in [0.3, 0.4) is 0 Å². The number of hydrogen-bond acceptors (Lipinski definition) is 1. The first-order valence-corrected chi connectivity index (χ1v) is 2.58. The van der Waals surface area contributed by atoms with E-state index in [2.05, 4.69) is 0 Å². The summed E-state index contributed by atoms with van der Waals surface area (Å²) in [6.07, 6.45) is -2.44. The van der Waals surface area contributed by atoms with Gasteiger partial charge in [-0.3, -0.25) is 9.18 Å². The maximum atomic E-state index is 12.0. The Morgan fingerprint density at radius 3 is 2.56 bits per heavy atom. The smallest absolute Gasteiger partial charge is 0.306 e. The van der Waals surface area contributed by atoms with Crippen LogP contribution in [-0.4, -0.2) is 23.9 Å². The van der Waals surface area contributed by atoms with E-state index in [1.807, 2.05) is 0 Å². The van der Waals surface area contributed by atoms with Gasteiger partial charge in [0.15, 0.2) is 0 Å². The van der Waals surface area contributed by atoms with Crippen LogP contribution in [-0.2, 0) is 4.79 Å². The van der Waals surface area contributed by atoms with E-state index in [4.69, 9.17) is 5.11 Å². The molecule has 0 aliphatic heterocycles. The molecule has 54 valence electrons. The van der Waals surface area contributed by atoms with Crippen LogP contribution in [0.5, 0.6) is 0 Å². The lowest BCUT2D eigenvalue weighted by Gasteiger charge is -1.98. The lowest BCUT2D eigenvalue weighted by atomic mass is 10.2. The molecule has 1 N–H and O–H groups in total. The highest BCUT2D eigenvalue weighted by atomic mass is 19.1. The van der Waals surface area contributed by atoms with Crippen molar-refractivity contribution in [2.24, 2.45) is 0 Å². The van der Waals surface area contributed by atoms with E-state index in [9.17, 15) is 13.6 Å². The van der Waals surface area contributed by atoms with Crippen LogP contribution in [0.1, 0.15) is 12.8 Å². The normalized spacial score (nSPS) is 13.1. The van der Waals surface area contributed by atoms with E-state index in [0.29, 0.717) is 0 Å². The lowest BCUT2D eigenvalue weighted by Crippen LogP contribution is -2.08. The van der Waals surface area contributed by atoms with Crippen LogP contribution in [0.15, 0.2) is 0 Å². The Bertz CT molecular complexity index is 95.0. The summed E-state index contributed by atoms with van der Waals surface area (Å²) in [6.45, 7) is -0.797. The molecule has 0 aromatic rings. The molecule has 0 saturated carbocycles. The molecule has 9 heavy (non-hydrogen) atoms. The largest absolute Gasteiger partial charge is 0.481 e. The van der Waals surface area contributed by atoms with E-state index in [-0.39, 0.29) is 6.42 Å². The summed E-state index contributed by atoms with van der Waals surface area (Å²) in [7, 11) is 0. The Morgan fingerprint density at radius 1 is 1.67 bits per heavy atom. The number of rotatable bonds is 4. The third kappa shape index (κ3) is 5.20. The Kier molecular flexibility index (Phi) is 3.92. The fourth-order valence-electron chi connectivity index (χ4n) is 0.410. The molecule has 0 amide bonds. The van der Waals surface area contributed by atoms with Crippen molar-refractivity contribution in [1.82, 2.24) is 0 Å². The van der Waals surface area contributed by atoms with Crippen molar-refractivity contribution in [2.45, 2.75) is 19.0 Å². The van der Waals surface area contributed by atoms with Gasteiger partial charge in [-0.1, -0.05) is 0 Å². The Hall–Kier alpha value is -0.670. The Morgan fingerprint density at radius 2 is 2.22 bits per heavy atom. The summed E-state index contributed by atoms with van der Waals surface area (Å²) < 4.78 is 23.3. The first kappa shape index (κ1) is 8.33. The third-order valence-corrected chi connectivity index (χ3v) is 0.818. The zero-order valence-corrected chi connectivity index (χ0v) is 4.81. The van der Waals surface area contributed by atoms with Gasteiger partial charge in [-0.15, -0.1) is 0 Å². The van der Waals surface area contributed by atoms with Gasteiger partial charge in [0.05, 0.1) is 13.1 Å². The van der Waals surface area contributed by atoms with Crippen molar-refractivity contribution in [3.8, 4) is 0 Å². The molecule has 0 aliphatic carbocycles. The van der Waals surface area contributed by atoms with Gasteiger partial charge in [-0.25, -0.2) is 4.39 Å². The summed E-state index contributed by atoms with van der Waals surface area (Å²) in [5, 5.41) is 7.95. The number of carboxylic acids is 1. The molecule has 4 heteroatoms. The average molecular weight is 138 g/mol. The van der Waals surface area contributed by atoms with Crippen LogP contribution in [0.4, 0.5) is 8.78 Å². The van der Waals surface area contributed by atoms with Crippen LogP contribution in [0.25, 0.3) is 0 Å². The molecule has 0 aromatic heterocycles. The van der Waals surface area contributed by atoms with Crippen molar-refractivity contribution < 1.29 is 18.7 Å². The number of hydrogen-bond donors (Lipinski definition) is 1. The van der Waals surface area contributed by atoms with Gasteiger partial charge < -0.3 is 5.11 Å². The van der Waals surface area contributed by atoms with Crippen LogP contribution >= 0.6 is 0 Å². The molecule has 0 rings (SSSR count). The van der Waals surface area contributed by atoms with Gasteiger partial charge >= 0.3 is 5.97 Å². The number of halogens is 2. The molecule has 0 fully saturated rings. The maximum absolute atomic E-state index is 12.0. The fraction of sp³-hybridized carbons (Fsp3) is 0.800. The SMILES string of the molecule is O=C(O)CC(F)CCF. The number of carboxylic acid groups (broad SMARTS) is 1. The molecule has 2 nitrogen and oxygen atoms in total. The summed E-state index contributed by atoms with van der Waals surface area (Å²) in [6, 6.07) is 0. The van der Waals surface area contributed by atoms with Crippen molar-refractivity contribution in [3.63, 3.8) is 0 Å². The van der Waals surface area contributed by atoms with Gasteiger partial charge in [0, 0.05) is 6.42 Å². The van der Waals surface area contributed by atoms with Gasteiger partial charge in [0.1, 0.15) is 6.17 Å². The number of aliphatic carboxylic acids is 1. The molecule has 0 bridgehead atoms. The molecule has 0 radical (unpaired) electrons. The summed E-state index contributed by atoms with van der Waals surface area (Å²) in [4.78, 5) is 9.72. The third-order valence-electron chi connectivity index (χ3n) is 0.818. The molecule has 0 saturated heterocycles. The van der Waals surface area contributed by atoms with Crippen LogP contribution < -0.4 is 0 Å². The molecule has 0 spiro atoms. The highest BCUT2D eigenvalue weighted by Crippen LogP contribution is 2.02. The fourth-order valence-corrected chi connectivity index (χ4v) is 0.410. The van der Waals surface area contributed by atoms with E-state index in [0.717, 1.165) is 0 Å². The molecule has 0 heterocycles. The number of carbonyl (C=O) groups is 1. The average Bonchev–Trinajstić information content (AvgIpc) is 1.63. The van der Waals surface area contributed by atoms with Crippen LogP contribution in [0, 0.1) is 0 Å². The molecule has 1 atom stereocenters. The van der Waals surface area contributed by atoms with Crippen molar-refractivity contribution in [2.75, 3.05) is 6.67 Å². The Balaban J connectivity index is 3.26. The molecule has 0 aliphatic rings. The summed E-state index contributed by atoms with van der Waals surface area (Å²) >= 11 is 0. The minimum Gasteiger partial charge on any atom is -0.481 e. The van der Waals surface area contributed by atoms with E-state index < -0.39 is 25.2 Å². The Labute approximate surface area is 51.5 Å². The van der Waals surface area contributed by atoms with Crippen molar-refractivity contribution in [1.29, 1.82) is 0 Å². The molecular weight excluding hydrogens is 130 g/mol. The van der Waals surface area contributed by atoms with Crippen LogP contribution in [0.2, 0.25) is 0 Å². The van der Waals surface area contributed by atoms with Gasteiger partial charge in [-0.2, -0.15) is 0 Å². The van der Waals surface area contributed by atoms with Gasteiger partial charge in [0.25, 0.3) is 0 Å². The van der Waals surface area contributed by atoms with E-state index in [1.54, 1.807) is 0 Å². The minimum atomic E-state index is -1.53. The first-order valence-electron chi connectivity index (χ1n) is 2.58. The molecular formula is C5H8F2O2. The topological polar surface area (TPSA) is 37.3 Å². The summed E-state index contributed by atoms with van der Waals surface area (Å²) in [5.41, 5.74) is 0. The first-order chi connectivity index (χ1) is 4.16. The zero-order chi connectivity index (χ0) is 7.28. The predicted octanol–water partition coefficient (Wildman–Crippen LogP) is 1.16. The maximum Gasteiger partial charge on any atom is 0.306 e. The monoisotopic (exact) mass is 138 g/mol. The molecule has 1 unspecified atom stereocenters. The van der Waals surface area contributed by atoms with E-state index in [1.165, 1.54) is 0 Å². The lowest BCUT2D eigenvalue weighted by molar-refractivity contribution is -0.138. The predicted molar refractivity (Wildman–Crippen MR) is 27.7 cm³/mol. The summed E-state index contributed by atoms with van der Waals surface area (Å²) in [5.74, 6) is -1.23. The highest BCUT2D eigenvalue weighted by Gasteiger charge is 2.09.